The molecule has 152 valence electrons. The Bertz CT molecular complexity index is 1060. The van der Waals surface area contributed by atoms with Gasteiger partial charge in [0, 0.05) is 18.2 Å². The molecular weight excluding hydrogens is 402 g/mol. The zero-order valence-corrected chi connectivity index (χ0v) is 16.8. The lowest BCUT2D eigenvalue weighted by Crippen LogP contribution is -2.14. The lowest BCUT2D eigenvalue weighted by Gasteiger charge is -2.10. The number of anilines is 1. The fraction of sp³-hybridized carbons (Fsp3) is 0.222. The lowest BCUT2D eigenvalue weighted by atomic mass is 10.1. The van der Waals surface area contributed by atoms with Crippen molar-refractivity contribution in [1.29, 1.82) is 0 Å². The van der Waals surface area contributed by atoms with Crippen molar-refractivity contribution in [1.82, 2.24) is 4.98 Å². The van der Waals surface area contributed by atoms with E-state index >= 15 is 0 Å². The lowest BCUT2D eigenvalue weighted by molar-refractivity contribution is -0.385. The average Bonchev–Trinajstić information content (AvgIpc) is 3.12. The van der Waals surface area contributed by atoms with Gasteiger partial charge in [-0.3, -0.25) is 20.2 Å². The number of carbonyl (C=O) groups is 1. The van der Waals surface area contributed by atoms with Crippen LogP contribution in [0.2, 0.25) is 0 Å². The van der Waals surface area contributed by atoms with Crippen molar-refractivity contribution in [2.45, 2.75) is 0 Å². The van der Waals surface area contributed by atoms with Crippen LogP contribution in [0.3, 0.4) is 0 Å². The number of methoxy groups -OCH3 is 4. The first kappa shape index (κ1) is 20.1. The predicted octanol–water partition coefficient (Wildman–Crippen LogP) is 3.49. The predicted molar refractivity (Wildman–Crippen MR) is 107 cm³/mol. The van der Waals surface area contributed by atoms with Crippen molar-refractivity contribution < 1.29 is 28.7 Å². The van der Waals surface area contributed by atoms with Gasteiger partial charge in [0.25, 0.3) is 11.6 Å². The second-order valence-corrected chi connectivity index (χ2v) is 6.66. The topological polar surface area (TPSA) is 122 Å². The van der Waals surface area contributed by atoms with Crippen LogP contribution in [0.15, 0.2) is 24.3 Å². The van der Waals surface area contributed by atoms with Crippen molar-refractivity contribution >= 4 is 38.3 Å². The Hall–Kier alpha value is -3.60. The van der Waals surface area contributed by atoms with Crippen LogP contribution in [0.4, 0.5) is 10.8 Å². The van der Waals surface area contributed by atoms with Gasteiger partial charge in [0.2, 0.25) is 0 Å². The van der Waals surface area contributed by atoms with Crippen LogP contribution in [0.1, 0.15) is 10.4 Å². The smallest absolute Gasteiger partial charge is 0.286 e. The Morgan fingerprint density at radius 3 is 2.10 bits per heavy atom. The van der Waals surface area contributed by atoms with Gasteiger partial charge in [-0.25, -0.2) is 4.98 Å². The maximum absolute atomic E-state index is 12.7. The van der Waals surface area contributed by atoms with Crippen LogP contribution < -0.4 is 24.3 Å². The van der Waals surface area contributed by atoms with Gasteiger partial charge in [-0.2, -0.15) is 0 Å². The van der Waals surface area contributed by atoms with E-state index in [-0.39, 0.29) is 22.2 Å². The number of aromatic nitrogens is 1. The second-order valence-electron chi connectivity index (χ2n) is 5.63. The molecule has 0 aliphatic carbocycles. The van der Waals surface area contributed by atoms with E-state index in [1.165, 1.54) is 45.8 Å². The summed E-state index contributed by atoms with van der Waals surface area (Å²) in [4.78, 5) is 27.8. The van der Waals surface area contributed by atoms with Crippen molar-refractivity contribution in [2.75, 3.05) is 33.8 Å². The van der Waals surface area contributed by atoms with Crippen LogP contribution >= 0.6 is 11.3 Å². The zero-order valence-electron chi connectivity index (χ0n) is 16.0. The molecule has 0 aliphatic heterocycles. The first-order valence-electron chi connectivity index (χ1n) is 8.16. The summed E-state index contributed by atoms with van der Waals surface area (Å²) in [6.45, 7) is 0. The summed E-state index contributed by atoms with van der Waals surface area (Å²) in [5.74, 6) is 0.670. The molecule has 3 aromatic rings. The van der Waals surface area contributed by atoms with Crippen LogP contribution in [0.5, 0.6) is 23.0 Å². The Balaban J connectivity index is 1.98. The third-order valence-electron chi connectivity index (χ3n) is 4.06. The van der Waals surface area contributed by atoms with Crippen LogP contribution in [-0.2, 0) is 0 Å². The molecule has 0 atom stereocenters. The second kappa shape index (κ2) is 8.19. The first-order valence-corrected chi connectivity index (χ1v) is 8.97. The molecule has 29 heavy (non-hydrogen) atoms. The standard InChI is InChI=1S/C18H17N3O7S/c1-25-12-5-9(11(21(23)24)7-14(12)27-3)17(22)20-18-19-10-6-13(26-2)15(28-4)8-16(10)29-18/h5-8H,1-4H3,(H,19,20,22). The maximum Gasteiger partial charge on any atom is 0.286 e. The number of fused-ring (bicyclic) bond motifs is 1. The number of amides is 1. The molecule has 2 aromatic carbocycles. The molecule has 0 unspecified atom stereocenters. The summed E-state index contributed by atoms with van der Waals surface area (Å²) >= 11 is 1.20. The third-order valence-corrected chi connectivity index (χ3v) is 4.99. The normalized spacial score (nSPS) is 10.5. The van der Waals surface area contributed by atoms with E-state index in [0.717, 1.165) is 10.8 Å². The molecule has 1 heterocycles. The molecule has 1 aromatic heterocycles. The summed E-state index contributed by atoms with van der Waals surface area (Å²) < 4.78 is 21.5. The van der Waals surface area contributed by atoms with Crippen molar-refractivity contribution in [3.8, 4) is 23.0 Å². The van der Waals surface area contributed by atoms with E-state index in [9.17, 15) is 14.9 Å². The number of hydrogen-bond donors (Lipinski definition) is 1. The van der Waals surface area contributed by atoms with E-state index in [1.54, 1.807) is 12.1 Å². The summed E-state index contributed by atoms with van der Waals surface area (Å²) in [5.41, 5.74) is -0.00331. The number of nitro groups is 1. The summed E-state index contributed by atoms with van der Waals surface area (Å²) in [6.07, 6.45) is 0. The Labute approximate surface area is 169 Å². The number of thiazole rings is 1. The van der Waals surface area contributed by atoms with Gasteiger partial charge < -0.3 is 18.9 Å². The molecule has 3 rings (SSSR count). The quantitative estimate of drug-likeness (QED) is 0.456. The van der Waals surface area contributed by atoms with Crippen molar-refractivity contribution in [3.63, 3.8) is 0 Å². The van der Waals surface area contributed by atoms with Crippen LogP contribution in [-0.4, -0.2) is 44.3 Å². The largest absolute Gasteiger partial charge is 0.493 e. The summed E-state index contributed by atoms with van der Waals surface area (Å²) in [5, 5.41) is 14.3. The molecule has 0 fully saturated rings. The molecule has 11 heteroatoms. The highest BCUT2D eigenvalue weighted by atomic mass is 32.1. The number of hydrogen-bond acceptors (Lipinski definition) is 9. The van der Waals surface area contributed by atoms with E-state index in [1.807, 2.05) is 0 Å². The molecule has 0 saturated carbocycles. The number of nitrogens with one attached hydrogen (secondary N) is 1. The SMILES string of the molecule is COc1cc(C(=O)Nc2nc3cc(OC)c(OC)cc3s2)c([N+](=O)[O-])cc1OC. The number of nitro benzene ring substituents is 1. The fourth-order valence-corrected chi connectivity index (χ4v) is 3.55. The van der Waals surface area contributed by atoms with Crippen molar-refractivity contribution in [3.05, 3.63) is 39.9 Å². The third kappa shape index (κ3) is 3.85. The van der Waals surface area contributed by atoms with E-state index in [2.05, 4.69) is 10.3 Å². The summed E-state index contributed by atoms with van der Waals surface area (Å²) in [6, 6.07) is 5.81. The van der Waals surface area contributed by atoms with E-state index in [0.29, 0.717) is 17.0 Å². The molecule has 0 radical (unpaired) electrons. The van der Waals surface area contributed by atoms with Crippen LogP contribution in [0.25, 0.3) is 10.2 Å². The van der Waals surface area contributed by atoms with Gasteiger partial charge in [-0.1, -0.05) is 11.3 Å². The number of ether oxygens (including phenoxy) is 4. The molecule has 0 spiro atoms. The minimum atomic E-state index is -0.698. The van der Waals surface area contributed by atoms with Crippen molar-refractivity contribution in [2.24, 2.45) is 0 Å². The van der Waals surface area contributed by atoms with Gasteiger partial charge in [0.1, 0.15) is 5.56 Å². The van der Waals surface area contributed by atoms with Crippen LogP contribution in [0, 0.1) is 10.1 Å². The number of rotatable bonds is 7. The van der Waals surface area contributed by atoms with E-state index in [4.69, 9.17) is 18.9 Å². The Morgan fingerprint density at radius 1 is 0.966 bits per heavy atom. The highest BCUT2D eigenvalue weighted by Crippen LogP contribution is 2.37. The molecule has 0 bridgehead atoms. The zero-order chi connectivity index (χ0) is 21.1. The highest BCUT2D eigenvalue weighted by molar-refractivity contribution is 7.22. The molecule has 1 amide bonds. The van der Waals surface area contributed by atoms with Gasteiger partial charge in [0.05, 0.1) is 49.6 Å². The van der Waals surface area contributed by atoms with Gasteiger partial charge >= 0.3 is 0 Å². The highest BCUT2D eigenvalue weighted by Gasteiger charge is 2.25. The molecule has 0 aliphatic rings. The minimum absolute atomic E-state index is 0.148. The molecule has 10 nitrogen and oxygen atoms in total. The van der Waals surface area contributed by atoms with Gasteiger partial charge in [-0.05, 0) is 0 Å². The van der Waals surface area contributed by atoms with E-state index < -0.39 is 16.5 Å². The summed E-state index contributed by atoms with van der Waals surface area (Å²) in [7, 11) is 5.75. The molecule has 0 saturated heterocycles. The van der Waals surface area contributed by atoms with Gasteiger partial charge in [0.15, 0.2) is 28.1 Å². The van der Waals surface area contributed by atoms with Gasteiger partial charge in [-0.15, -0.1) is 0 Å². The Kier molecular flexibility index (Phi) is 5.69. The maximum atomic E-state index is 12.7. The fourth-order valence-electron chi connectivity index (χ4n) is 2.67. The first-order chi connectivity index (χ1) is 13.9. The molecular formula is C18H17N3O7S. The number of benzene rings is 2. The number of carbonyl (C=O) groups excluding carboxylic acids is 1. The Morgan fingerprint density at radius 2 is 1.52 bits per heavy atom. The monoisotopic (exact) mass is 419 g/mol. The number of nitrogens with zero attached hydrogens (tertiary/aromatic N) is 2. The minimum Gasteiger partial charge on any atom is -0.493 e. The molecule has 1 N–H and O–H groups in total. The average molecular weight is 419 g/mol.